The maximum Gasteiger partial charge on any atom is 0.191 e. The van der Waals surface area contributed by atoms with E-state index in [2.05, 4.69) is 47.5 Å². The third-order valence-electron chi connectivity index (χ3n) is 5.65. The summed E-state index contributed by atoms with van der Waals surface area (Å²) in [7, 11) is 0. The fraction of sp³-hybridized carbons (Fsp3) is 0.800. The second kappa shape index (κ2) is 11.2. The molecule has 1 saturated carbocycles. The van der Waals surface area contributed by atoms with Crippen molar-refractivity contribution in [3.05, 3.63) is 17.5 Å². The van der Waals surface area contributed by atoms with Crippen molar-refractivity contribution in [2.45, 2.75) is 83.8 Å². The molecule has 0 amide bonds. The summed E-state index contributed by atoms with van der Waals surface area (Å²) in [5.74, 6) is 2.21. The predicted octanol–water partition coefficient (Wildman–Crippen LogP) is 3.88. The lowest BCUT2D eigenvalue weighted by Crippen LogP contribution is -2.49. The Morgan fingerprint density at radius 2 is 1.93 bits per heavy atom. The van der Waals surface area contributed by atoms with Crippen LogP contribution in [0.25, 0.3) is 0 Å². The van der Waals surface area contributed by atoms with Gasteiger partial charge in [-0.3, -0.25) is 0 Å². The molecular formula is C20H36IN5O. The van der Waals surface area contributed by atoms with E-state index in [1.165, 1.54) is 38.8 Å². The molecule has 0 atom stereocenters. The average Bonchev–Trinajstić information content (AvgIpc) is 3.41. The Balaban J connectivity index is 0.00000261. The summed E-state index contributed by atoms with van der Waals surface area (Å²) in [6.07, 6.45) is 7.38. The van der Waals surface area contributed by atoms with E-state index in [4.69, 9.17) is 9.52 Å². The van der Waals surface area contributed by atoms with Gasteiger partial charge in [-0.15, -0.1) is 24.0 Å². The molecule has 1 aromatic heterocycles. The summed E-state index contributed by atoms with van der Waals surface area (Å²) in [4.78, 5) is 7.36. The van der Waals surface area contributed by atoms with Gasteiger partial charge in [-0.25, -0.2) is 4.99 Å². The van der Waals surface area contributed by atoms with Gasteiger partial charge in [0.05, 0.1) is 5.69 Å². The van der Waals surface area contributed by atoms with E-state index in [1.54, 1.807) is 0 Å². The molecule has 0 radical (unpaired) electrons. The summed E-state index contributed by atoms with van der Waals surface area (Å²) in [5, 5.41) is 11.2. The van der Waals surface area contributed by atoms with Gasteiger partial charge in [-0.2, -0.15) is 0 Å². The normalized spacial score (nSPS) is 19.2. The van der Waals surface area contributed by atoms with Crippen molar-refractivity contribution in [2.75, 3.05) is 19.6 Å². The van der Waals surface area contributed by atoms with E-state index in [9.17, 15) is 0 Å². The molecule has 6 nitrogen and oxygen atoms in total. The van der Waals surface area contributed by atoms with Crippen LogP contribution in [0.5, 0.6) is 0 Å². The maximum absolute atomic E-state index is 5.50. The molecule has 2 fully saturated rings. The zero-order valence-corrected chi connectivity index (χ0v) is 19.4. The summed E-state index contributed by atoms with van der Waals surface area (Å²) in [6.45, 7) is 10.3. The molecular weight excluding hydrogens is 453 g/mol. The monoisotopic (exact) mass is 489 g/mol. The van der Waals surface area contributed by atoms with E-state index in [0.717, 1.165) is 42.8 Å². The highest BCUT2D eigenvalue weighted by Gasteiger charge is 2.31. The highest BCUT2D eigenvalue weighted by Crippen LogP contribution is 2.29. The quantitative estimate of drug-likeness (QED) is 0.330. The van der Waals surface area contributed by atoms with E-state index in [-0.39, 0.29) is 24.0 Å². The Hall–Kier alpha value is -0.830. The lowest BCUT2D eigenvalue weighted by atomic mass is 9.99. The molecule has 0 bridgehead atoms. The van der Waals surface area contributed by atoms with Crippen LogP contribution in [0.1, 0.15) is 76.7 Å². The first-order chi connectivity index (χ1) is 12.7. The standard InChI is InChI=1S/C20H35N5O.HI/c1-4-15(5-2)19-13-18(26-24-19)14-22-20(21-6-3)23-16-9-11-25(12-10-16)17-7-8-17;/h13,15-17H,4-12,14H2,1-3H3,(H2,21,22,23);1H. The molecule has 2 aliphatic rings. The Labute approximate surface area is 180 Å². The molecule has 3 rings (SSSR count). The van der Waals surface area contributed by atoms with Gasteiger partial charge in [0.25, 0.3) is 0 Å². The molecule has 0 aromatic carbocycles. The molecule has 7 heteroatoms. The smallest absolute Gasteiger partial charge is 0.191 e. The largest absolute Gasteiger partial charge is 0.359 e. The summed E-state index contributed by atoms with van der Waals surface area (Å²) < 4.78 is 5.50. The van der Waals surface area contributed by atoms with Crippen molar-refractivity contribution in [1.82, 2.24) is 20.7 Å². The Morgan fingerprint density at radius 1 is 1.22 bits per heavy atom. The second-order valence-electron chi connectivity index (χ2n) is 7.61. The van der Waals surface area contributed by atoms with Crippen molar-refractivity contribution in [1.29, 1.82) is 0 Å². The number of halogens is 1. The summed E-state index contributed by atoms with van der Waals surface area (Å²) in [5.41, 5.74) is 1.06. The minimum Gasteiger partial charge on any atom is -0.359 e. The van der Waals surface area contributed by atoms with Gasteiger partial charge in [0.1, 0.15) is 6.54 Å². The third-order valence-corrected chi connectivity index (χ3v) is 5.65. The van der Waals surface area contributed by atoms with Gasteiger partial charge in [0.15, 0.2) is 11.7 Å². The molecule has 27 heavy (non-hydrogen) atoms. The fourth-order valence-corrected chi connectivity index (χ4v) is 3.82. The van der Waals surface area contributed by atoms with Crippen molar-refractivity contribution >= 4 is 29.9 Å². The number of guanidine groups is 1. The maximum atomic E-state index is 5.50. The first-order valence-electron chi connectivity index (χ1n) is 10.5. The zero-order chi connectivity index (χ0) is 18.4. The van der Waals surface area contributed by atoms with Crippen molar-refractivity contribution < 1.29 is 4.52 Å². The SMILES string of the molecule is CCNC(=NCc1cc(C(CC)CC)no1)NC1CCN(C2CC2)CC1.I. The number of likely N-dealkylation sites (tertiary alicyclic amines) is 1. The van der Waals surface area contributed by atoms with Crippen LogP contribution < -0.4 is 10.6 Å². The van der Waals surface area contributed by atoms with E-state index in [1.807, 2.05) is 0 Å². The number of aliphatic imine (C=N–C) groups is 1. The molecule has 1 aliphatic carbocycles. The van der Waals surface area contributed by atoms with Crippen LogP contribution in [-0.4, -0.2) is 47.7 Å². The Bertz CT molecular complexity index is 575. The van der Waals surface area contributed by atoms with Gasteiger partial charge in [0.2, 0.25) is 0 Å². The van der Waals surface area contributed by atoms with Crippen LogP contribution in [0.3, 0.4) is 0 Å². The van der Waals surface area contributed by atoms with Crippen LogP contribution in [0.15, 0.2) is 15.6 Å². The van der Waals surface area contributed by atoms with Crippen molar-refractivity contribution in [2.24, 2.45) is 4.99 Å². The van der Waals surface area contributed by atoms with Gasteiger partial charge < -0.3 is 20.1 Å². The van der Waals surface area contributed by atoms with Gasteiger partial charge in [-0.05, 0) is 45.4 Å². The van der Waals surface area contributed by atoms with Crippen molar-refractivity contribution in [3.63, 3.8) is 0 Å². The van der Waals surface area contributed by atoms with E-state index in [0.29, 0.717) is 18.5 Å². The molecule has 1 aliphatic heterocycles. The summed E-state index contributed by atoms with van der Waals surface area (Å²) in [6, 6.07) is 3.46. The van der Waals surface area contributed by atoms with Crippen molar-refractivity contribution in [3.8, 4) is 0 Å². The number of aromatic nitrogens is 1. The lowest BCUT2D eigenvalue weighted by Gasteiger charge is -2.33. The molecule has 2 N–H and O–H groups in total. The topological polar surface area (TPSA) is 65.7 Å². The summed E-state index contributed by atoms with van der Waals surface area (Å²) >= 11 is 0. The van der Waals surface area contributed by atoms with Crippen LogP contribution in [-0.2, 0) is 6.54 Å². The zero-order valence-electron chi connectivity index (χ0n) is 17.0. The minimum absolute atomic E-state index is 0. The number of nitrogens with zero attached hydrogens (tertiary/aromatic N) is 3. The molecule has 0 unspecified atom stereocenters. The molecule has 1 aromatic rings. The van der Waals surface area contributed by atoms with Crippen LogP contribution in [0, 0.1) is 0 Å². The number of hydrogen-bond acceptors (Lipinski definition) is 4. The van der Waals surface area contributed by atoms with Crippen LogP contribution >= 0.6 is 24.0 Å². The predicted molar refractivity (Wildman–Crippen MR) is 121 cm³/mol. The first-order valence-corrected chi connectivity index (χ1v) is 10.5. The lowest BCUT2D eigenvalue weighted by molar-refractivity contribution is 0.197. The van der Waals surface area contributed by atoms with Gasteiger partial charge >= 0.3 is 0 Å². The first kappa shape index (κ1) is 22.5. The number of hydrogen-bond donors (Lipinski definition) is 2. The van der Waals surface area contributed by atoms with E-state index >= 15 is 0 Å². The number of nitrogens with one attached hydrogen (secondary N) is 2. The highest BCUT2D eigenvalue weighted by molar-refractivity contribution is 14.0. The molecule has 2 heterocycles. The van der Waals surface area contributed by atoms with Crippen LogP contribution in [0.2, 0.25) is 0 Å². The molecule has 154 valence electrons. The fourth-order valence-electron chi connectivity index (χ4n) is 3.82. The Morgan fingerprint density at radius 3 is 2.52 bits per heavy atom. The minimum atomic E-state index is 0. The van der Waals surface area contributed by atoms with Gasteiger partial charge in [0, 0.05) is 43.7 Å². The molecule has 0 spiro atoms. The number of rotatable bonds is 8. The second-order valence-corrected chi connectivity index (χ2v) is 7.61. The third kappa shape index (κ3) is 6.62. The van der Waals surface area contributed by atoms with E-state index < -0.39 is 0 Å². The number of piperidine rings is 1. The Kier molecular flexibility index (Phi) is 9.35. The average molecular weight is 489 g/mol. The highest BCUT2D eigenvalue weighted by atomic mass is 127. The molecule has 1 saturated heterocycles. The van der Waals surface area contributed by atoms with Crippen LogP contribution in [0.4, 0.5) is 0 Å². The van der Waals surface area contributed by atoms with Gasteiger partial charge in [-0.1, -0.05) is 19.0 Å².